The number of hydrogen-bond donors (Lipinski definition) is 1. The summed E-state index contributed by atoms with van der Waals surface area (Å²) in [5, 5.41) is 21.1. The predicted octanol–water partition coefficient (Wildman–Crippen LogP) is 2.27. The van der Waals surface area contributed by atoms with Crippen LogP contribution in [0, 0.1) is 10.1 Å². The summed E-state index contributed by atoms with van der Waals surface area (Å²) in [7, 11) is 0. The molecule has 0 aliphatic rings. The van der Waals surface area contributed by atoms with E-state index in [0.717, 1.165) is 11.8 Å². The van der Waals surface area contributed by atoms with Crippen molar-refractivity contribution in [2.24, 2.45) is 0 Å². The van der Waals surface area contributed by atoms with Crippen LogP contribution in [-0.2, 0) is 11.2 Å². The van der Waals surface area contributed by atoms with E-state index in [9.17, 15) is 14.9 Å². The Morgan fingerprint density at radius 3 is 2.67 bits per heavy atom. The van der Waals surface area contributed by atoms with Gasteiger partial charge < -0.3 is 9.73 Å². The van der Waals surface area contributed by atoms with Crippen molar-refractivity contribution in [3.8, 4) is 0 Å². The molecule has 1 aromatic heterocycles. The molecule has 9 heteroatoms. The van der Waals surface area contributed by atoms with Gasteiger partial charge in [-0.1, -0.05) is 18.7 Å². The lowest BCUT2D eigenvalue weighted by Crippen LogP contribution is -2.13. The first-order chi connectivity index (χ1) is 10.1. The van der Waals surface area contributed by atoms with Crippen molar-refractivity contribution < 1.29 is 14.1 Å². The quantitative estimate of drug-likeness (QED) is 0.495. The highest BCUT2D eigenvalue weighted by molar-refractivity contribution is 7.99. The minimum Gasteiger partial charge on any atom is -0.416 e. The molecule has 2 aromatic rings. The van der Waals surface area contributed by atoms with Crippen molar-refractivity contribution in [2.45, 2.75) is 18.6 Å². The second-order valence-corrected chi connectivity index (χ2v) is 4.88. The molecular formula is C12H12N4O4S. The summed E-state index contributed by atoms with van der Waals surface area (Å²) in [6.45, 7) is 1.89. The van der Waals surface area contributed by atoms with E-state index < -0.39 is 4.92 Å². The summed E-state index contributed by atoms with van der Waals surface area (Å²) < 4.78 is 5.26. The molecule has 1 heterocycles. The summed E-state index contributed by atoms with van der Waals surface area (Å²) in [5.74, 6) is 0.376. The first-order valence-electron chi connectivity index (χ1n) is 6.08. The molecule has 0 atom stereocenters. The van der Waals surface area contributed by atoms with Crippen molar-refractivity contribution in [3.05, 3.63) is 40.3 Å². The lowest BCUT2D eigenvalue weighted by molar-refractivity contribution is -0.384. The number of rotatable bonds is 6. The molecule has 0 saturated heterocycles. The number of aryl methyl sites for hydroxylation is 1. The van der Waals surface area contributed by atoms with Crippen molar-refractivity contribution >= 4 is 29.0 Å². The Morgan fingerprint density at radius 2 is 2.10 bits per heavy atom. The maximum Gasteiger partial charge on any atom is 0.277 e. The second kappa shape index (κ2) is 6.84. The molecule has 8 nitrogen and oxygen atoms in total. The van der Waals surface area contributed by atoms with Crippen LogP contribution < -0.4 is 5.32 Å². The molecule has 0 saturated carbocycles. The number of hydrogen-bond acceptors (Lipinski definition) is 7. The molecule has 0 aliphatic carbocycles. The minimum atomic E-state index is -0.498. The van der Waals surface area contributed by atoms with Gasteiger partial charge in [0.2, 0.25) is 11.8 Å². The summed E-state index contributed by atoms with van der Waals surface area (Å²) >= 11 is 1.13. The van der Waals surface area contributed by atoms with Crippen LogP contribution in [0.15, 0.2) is 33.9 Å². The fraction of sp³-hybridized carbons (Fsp3) is 0.250. The van der Waals surface area contributed by atoms with Gasteiger partial charge in [-0.25, -0.2) is 0 Å². The van der Waals surface area contributed by atoms with E-state index in [1.165, 1.54) is 24.3 Å². The number of anilines is 1. The first-order valence-corrected chi connectivity index (χ1v) is 7.06. The minimum absolute atomic E-state index is 0.0275. The third-order valence-corrected chi connectivity index (χ3v) is 3.26. The van der Waals surface area contributed by atoms with Crippen LogP contribution in [0.3, 0.4) is 0 Å². The van der Waals surface area contributed by atoms with Gasteiger partial charge in [0.15, 0.2) is 0 Å². The maximum absolute atomic E-state index is 11.7. The van der Waals surface area contributed by atoms with Gasteiger partial charge in [0.25, 0.3) is 10.9 Å². The Morgan fingerprint density at radius 1 is 1.38 bits per heavy atom. The molecular weight excluding hydrogens is 296 g/mol. The van der Waals surface area contributed by atoms with Crippen LogP contribution in [-0.4, -0.2) is 26.8 Å². The van der Waals surface area contributed by atoms with E-state index in [1.54, 1.807) is 0 Å². The number of benzene rings is 1. The number of nitro groups is 1. The fourth-order valence-corrected chi connectivity index (χ4v) is 2.01. The number of carbonyl (C=O) groups is 1. The second-order valence-electron chi connectivity index (χ2n) is 3.96. The van der Waals surface area contributed by atoms with Crippen LogP contribution in [0.2, 0.25) is 0 Å². The first kappa shape index (κ1) is 15.0. The summed E-state index contributed by atoms with van der Waals surface area (Å²) in [4.78, 5) is 21.7. The average molecular weight is 308 g/mol. The normalized spacial score (nSPS) is 10.3. The number of aromatic nitrogens is 2. The van der Waals surface area contributed by atoms with E-state index in [2.05, 4.69) is 15.5 Å². The van der Waals surface area contributed by atoms with Crippen LogP contribution >= 0.6 is 11.8 Å². The Balaban J connectivity index is 1.85. The van der Waals surface area contributed by atoms with E-state index in [0.29, 0.717) is 23.2 Å². The van der Waals surface area contributed by atoms with Gasteiger partial charge in [0, 0.05) is 24.2 Å². The van der Waals surface area contributed by atoms with Gasteiger partial charge in [-0.3, -0.25) is 14.9 Å². The van der Waals surface area contributed by atoms with E-state index in [4.69, 9.17) is 4.42 Å². The SMILES string of the molecule is CCc1nnc(SCC(=O)Nc2ccc([N+](=O)[O-])cc2)o1. The predicted molar refractivity (Wildman–Crippen MR) is 76.1 cm³/mol. The maximum atomic E-state index is 11.7. The zero-order valence-electron chi connectivity index (χ0n) is 11.1. The van der Waals surface area contributed by atoms with Crippen LogP contribution in [0.5, 0.6) is 0 Å². The number of nitrogens with one attached hydrogen (secondary N) is 1. The number of nitro benzene ring substituents is 1. The highest BCUT2D eigenvalue weighted by Gasteiger charge is 2.10. The van der Waals surface area contributed by atoms with Gasteiger partial charge in [0.1, 0.15) is 0 Å². The Labute approximate surface area is 124 Å². The van der Waals surface area contributed by atoms with Crippen LogP contribution in [0.4, 0.5) is 11.4 Å². The molecule has 21 heavy (non-hydrogen) atoms. The van der Waals surface area contributed by atoms with Crippen molar-refractivity contribution in [2.75, 3.05) is 11.1 Å². The largest absolute Gasteiger partial charge is 0.416 e. The molecule has 0 spiro atoms. The Hall–Kier alpha value is -2.42. The summed E-state index contributed by atoms with van der Waals surface area (Å²) in [6.07, 6.45) is 0.641. The van der Waals surface area contributed by atoms with Crippen LogP contribution in [0.1, 0.15) is 12.8 Å². The number of thioether (sulfide) groups is 1. The number of carbonyl (C=O) groups excluding carboxylic acids is 1. The third-order valence-electron chi connectivity index (χ3n) is 2.44. The lowest BCUT2D eigenvalue weighted by Gasteiger charge is -2.03. The standard InChI is InChI=1S/C12H12N4O4S/c1-2-11-14-15-12(20-11)21-7-10(17)13-8-3-5-9(6-4-8)16(18)19/h3-6H,2,7H2,1H3,(H,13,17). The Bertz CT molecular complexity index is 641. The van der Waals surface area contributed by atoms with Crippen molar-refractivity contribution in [1.29, 1.82) is 0 Å². The van der Waals surface area contributed by atoms with Gasteiger partial charge in [-0.15, -0.1) is 10.2 Å². The lowest BCUT2D eigenvalue weighted by atomic mass is 10.3. The topological polar surface area (TPSA) is 111 Å². The molecule has 1 aromatic carbocycles. The van der Waals surface area contributed by atoms with Gasteiger partial charge in [0.05, 0.1) is 10.7 Å². The highest BCUT2D eigenvalue weighted by atomic mass is 32.2. The van der Waals surface area contributed by atoms with Crippen molar-refractivity contribution in [1.82, 2.24) is 10.2 Å². The fourth-order valence-electron chi connectivity index (χ4n) is 1.43. The summed E-state index contributed by atoms with van der Waals surface area (Å²) in [6, 6.07) is 5.60. The van der Waals surface area contributed by atoms with Crippen LogP contribution in [0.25, 0.3) is 0 Å². The zero-order chi connectivity index (χ0) is 15.2. The molecule has 0 bridgehead atoms. The highest BCUT2D eigenvalue weighted by Crippen LogP contribution is 2.18. The summed E-state index contributed by atoms with van der Waals surface area (Å²) in [5.41, 5.74) is 0.464. The van der Waals surface area contributed by atoms with E-state index >= 15 is 0 Å². The average Bonchev–Trinajstić information content (AvgIpc) is 2.94. The molecule has 2 rings (SSSR count). The molecule has 0 fully saturated rings. The van der Waals surface area contributed by atoms with E-state index in [-0.39, 0.29) is 17.3 Å². The Kier molecular flexibility index (Phi) is 4.88. The van der Waals surface area contributed by atoms with Gasteiger partial charge in [-0.05, 0) is 12.1 Å². The number of nitrogens with zero attached hydrogens (tertiary/aromatic N) is 3. The molecule has 110 valence electrons. The molecule has 0 aliphatic heterocycles. The molecule has 1 amide bonds. The van der Waals surface area contributed by atoms with Crippen molar-refractivity contribution in [3.63, 3.8) is 0 Å². The molecule has 0 radical (unpaired) electrons. The molecule has 1 N–H and O–H groups in total. The van der Waals surface area contributed by atoms with Gasteiger partial charge in [-0.2, -0.15) is 0 Å². The number of non-ortho nitro benzene ring substituents is 1. The third kappa shape index (κ3) is 4.28. The monoisotopic (exact) mass is 308 g/mol. The van der Waals surface area contributed by atoms with Gasteiger partial charge >= 0.3 is 0 Å². The smallest absolute Gasteiger partial charge is 0.277 e. The number of amides is 1. The van der Waals surface area contributed by atoms with E-state index in [1.807, 2.05) is 6.92 Å². The zero-order valence-corrected chi connectivity index (χ0v) is 11.9. The molecule has 0 unspecified atom stereocenters.